The van der Waals surface area contributed by atoms with Crippen molar-refractivity contribution in [3.63, 3.8) is 0 Å². The maximum Gasteiger partial charge on any atom is 0.256 e. The number of fused-ring (bicyclic) bond motifs is 3. The summed E-state index contributed by atoms with van der Waals surface area (Å²) in [7, 11) is 1.66. The van der Waals surface area contributed by atoms with Crippen molar-refractivity contribution < 1.29 is 14.3 Å². The van der Waals surface area contributed by atoms with E-state index in [1.807, 2.05) is 53.7 Å². The van der Waals surface area contributed by atoms with Crippen LogP contribution >= 0.6 is 0 Å². The third kappa shape index (κ3) is 4.37. The number of rotatable bonds is 6. The fraction of sp³-hybridized carbons (Fsp3) is 0.393. The number of methoxy groups -OCH3 is 1. The Hall–Kier alpha value is -3.65. The van der Waals surface area contributed by atoms with Crippen molar-refractivity contribution in [3.8, 4) is 11.5 Å². The van der Waals surface area contributed by atoms with Crippen molar-refractivity contribution in [2.45, 2.75) is 18.9 Å². The number of carbonyl (C=O) groups is 1. The Labute approximate surface area is 211 Å². The number of carbonyl (C=O) groups excluding carboxylic acids is 1. The van der Waals surface area contributed by atoms with Gasteiger partial charge in [-0.1, -0.05) is 6.07 Å². The maximum absolute atomic E-state index is 13.2. The van der Waals surface area contributed by atoms with Crippen LogP contribution in [-0.4, -0.2) is 85.9 Å². The molecule has 36 heavy (non-hydrogen) atoms. The molecule has 3 aliphatic rings. The van der Waals surface area contributed by atoms with Crippen LogP contribution in [0.25, 0.3) is 10.8 Å². The minimum atomic E-state index is 0.0648. The first-order valence-corrected chi connectivity index (χ1v) is 12.7. The second-order valence-corrected chi connectivity index (χ2v) is 9.57. The Balaban J connectivity index is 1.14. The zero-order valence-electron chi connectivity index (χ0n) is 20.6. The van der Waals surface area contributed by atoms with Crippen LogP contribution in [0.2, 0.25) is 0 Å². The van der Waals surface area contributed by atoms with Gasteiger partial charge < -0.3 is 19.3 Å². The smallest absolute Gasteiger partial charge is 0.256 e. The normalized spacial score (nSPS) is 19.8. The average molecular weight is 486 g/mol. The Kier molecular flexibility index (Phi) is 6.19. The number of aliphatic imine (C=N–C) groups is 1. The molecule has 1 aromatic heterocycles. The molecule has 0 spiro atoms. The maximum atomic E-state index is 13.2. The summed E-state index contributed by atoms with van der Waals surface area (Å²) in [5.41, 5.74) is 1.38. The third-order valence-corrected chi connectivity index (χ3v) is 7.42. The molecular weight excluding hydrogens is 454 g/mol. The van der Waals surface area contributed by atoms with E-state index in [0.29, 0.717) is 23.7 Å². The first-order chi connectivity index (χ1) is 17.7. The van der Waals surface area contributed by atoms with Crippen molar-refractivity contribution in [2.75, 3.05) is 57.9 Å². The van der Waals surface area contributed by atoms with E-state index in [1.54, 1.807) is 7.11 Å². The van der Waals surface area contributed by atoms with Crippen LogP contribution < -0.4 is 14.4 Å². The van der Waals surface area contributed by atoms with Crippen molar-refractivity contribution in [1.29, 1.82) is 0 Å². The van der Waals surface area contributed by atoms with E-state index in [1.165, 1.54) is 0 Å². The molecular formula is C28H31N5O3. The molecule has 1 atom stereocenters. The molecule has 3 aliphatic heterocycles. The van der Waals surface area contributed by atoms with Gasteiger partial charge in [-0.3, -0.25) is 14.7 Å². The van der Waals surface area contributed by atoms with Gasteiger partial charge in [0.25, 0.3) is 5.91 Å². The van der Waals surface area contributed by atoms with Crippen LogP contribution in [0.15, 0.2) is 53.7 Å². The molecule has 3 aromatic rings. The molecule has 0 bridgehead atoms. The minimum Gasteiger partial charge on any atom is -0.493 e. The molecule has 0 N–H and O–H groups in total. The van der Waals surface area contributed by atoms with Gasteiger partial charge in [0.1, 0.15) is 12.4 Å². The van der Waals surface area contributed by atoms with Crippen LogP contribution in [0.4, 0.5) is 11.5 Å². The number of hydrogen-bond donors (Lipinski definition) is 0. The molecule has 8 heteroatoms. The van der Waals surface area contributed by atoms with Crippen molar-refractivity contribution in [2.24, 2.45) is 4.99 Å². The number of pyridine rings is 1. The van der Waals surface area contributed by atoms with Gasteiger partial charge in [0, 0.05) is 51.7 Å². The molecule has 1 amide bonds. The number of amides is 1. The van der Waals surface area contributed by atoms with Gasteiger partial charge in [0.15, 0.2) is 11.5 Å². The molecule has 2 fully saturated rings. The summed E-state index contributed by atoms with van der Waals surface area (Å²) in [5, 5.41) is 1.94. The molecule has 0 unspecified atom stereocenters. The summed E-state index contributed by atoms with van der Waals surface area (Å²) >= 11 is 0. The van der Waals surface area contributed by atoms with E-state index in [4.69, 9.17) is 9.47 Å². The summed E-state index contributed by atoms with van der Waals surface area (Å²) in [6, 6.07) is 14.0. The summed E-state index contributed by atoms with van der Waals surface area (Å²) in [6.45, 7) is 6.05. The molecule has 0 saturated carbocycles. The highest BCUT2D eigenvalue weighted by Crippen LogP contribution is 2.37. The van der Waals surface area contributed by atoms with Gasteiger partial charge >= 0.3 is 0 Å². The molecule has 2 saturated heterocycles. The van der Waals surface area contributed by atoms with Crippen molar-refractivity contribution in [3.05, 3.63) is 54.2 Å². The number of anilines is 1. The van der Waals surface area contributed by atoms with E-state index in [2.05, 4.69) is 25.8 Å². The highest BCUT2D eigenvalue weighted by Gasteiger charge is 2.32. The Morgan fingerprint density at radius 1 is 1.00 bits per heavy atom. The Bertz CT molecular complexity index is 1290. The van der Waals surface area contributed by atoms with Crippen LogP contribution in [0.5, 0.6) is 11.5 Å². The molecule has 8 nitrogen and oxygen atoms in total. The fourth-order valence-corrected chi connectivity index (χ4v) is 5.39. The van der Waals surface area contributed by atoms with E-state index in [9.17, 15) is 4.79 Å². The molecule has 186 valence electrons. The van der Waals surface area contributed by atoms with Gasteiger partial charge in [-0.05, 0) is 60.0 Å². The lowest BCUT2D eigenvalue weighted by Crippen LogP contribution is -2.47. The SMILES string of the molecule is COc1cc2cc3c(cc2cc1OCCN1CCN(c2ccccn2)CC1)C(=O)N1CCC[C@H]1C=N3. The summed E-state index contributed by atoms with van der Waals surface area (Å²) in [5.74, 6) is 2.49. The van der Waals surface area contributed by atoms with Gasteiger partial charge in [-0.2, -0.15) is 0 Å². The first-order valence-electron chi connectivity index (χ1n) is 12.7. The average Bonchev–Trinajstić information content (AvgIpc) is 3.36. The molecule has 0 radical (unpaired) electrons. The standard InChI is InChI=1S/C28H31N5O3/c1-35-25-17-21-16-24-23(28(34)33-8-4-5-22(33)19-30-24)15-20(21)18-26(25)36-14-13-31-9-11-32(12-10-31)27-6-2-3-7-29-27/h2-3,6-7,15-19,22H,4-5,8-14H2,1H3/t22-/m0/s1. The van der Waals surface area contributed by atoms with E-state index in [-0.39, 0.29) is 11.9 Å². The highest BCUT2D eigenvalue weighted by molar-refractivity contribution is 6.07. The number of piperazine rings is 1. The second kappa shape index (κ2) is 9.78. The van der Waals surface area contributed by atoms with Crippen molar-refractivity contribution >= 4 is 34.4 Å². The van der Waals surface area contributed by atoms with E-state index < -0.39 is 0 Å². The Morgan fingerprint density at radius 2 is 1.83 bits per heavy atom. The van der Waals surface area contributed by atoms with Crippen LogP contribution in [0, 0.1) is 0 Å². The quantitative estimate of drug-likeness (QED) is 0.530. The van der Waals surface area contributed by atoms with Crippen LogP contribution in [0.1, 0.15) is 23.2 Å². The lowest BCUT2D eigenvalue weighted by molar-refractivity contribution is 0.0775. The van der Waals surface area contributed by atoms with Crippen LogP contribution in [0.3, 0.4) is 0 Å². The number of aromatic nitrogens is 1. The molecule has 6 rings (SSSR count). The molecule has 4 heterocycles. The topological polar surface area (TPSA) is 70.5 Å². The molecule has 0 aliphatic carbocycles. The number of benzene rings is 2. The summed E-state index contributed by atoms with van der Waals surface area (Å²) in [4.78, 5) is 29.0. The summed E-state index contributed by atoms with van der Waals surface area (Å²) < 4.78 is 11.8. The van der Waals surface area contributed by atoms with Crippen LogP contribution in [-0.2, 0) is 0 Å². The zero-order chi connectivity index (χ0) is 24.5. The number of nitrogens with zero attached hydrogens (tertiary/aromatic N) is 5. The first kappa shape index (κ1) is 22.8. The largest absolute Gasteiger partial charge is 0.493 e. The minimum absolute atomic E-state index is 0.0648. The van der Waals surface area contributed by atoms with E-state index in [0.717, 1.165) is 74.4 Å². The lowest BCUT2D eigenvalue weighted by Gasteiger charge is -2.35. The summed E-state index contributed by atoms with van der Waals surface area (Å²) in [6.07, 6.45) is 5.77. The zero-order valence-corrected chi connectivity index (χ0v) is 20.6. The van der Waals surface area contributed by atoms with Gasteiger partial charge in [-0.25, -0.2) is 4.98 Å². The molecule has 2 aromatic carbocycles. The number of ether oxygens (including phenoxy) is 2. The predicted molar refractivity (Wildman–Crippen MR) is 141 cm³/mol. The fourth-order valence-electron chi connectivity index (χ4n) is 5.39. The van der Waals surface area contributed by atoms with Gasteiger partial charge in [0.05, 0.1) is 24.4 Å². The number of hydrogen-bond acceptors (Lipinski definition) is 7. The van der Waals surface area contributed by atoms with E-state index >= 15 is 0 Å². The third-order valence-electron chi connectivity index (χ3n) is 7.42. The second-order valence-electron chi connectivity index (χ2n) is 9.57. The monoisotopic (exact) mass is 485 g/mol. The van der Waals surface area contributed by atoms with Crippen molar-refractivity contribution in [1.82, 2.24) is 14.8 Å². The highest BCUT2D eigenvalue weighted by atomic mass is 16.5. The Morgan fingerprint density at radius 3 is 2.64 bits per heavy atom. The lowest BCUT2D eigenvalue weighted by atomic mass is 10.0. The van der Waals surface area contributed by atoms with Gasteiger partial charge in [0.2, 0.25) is 0 Å². The van der Waals surface area contributed by atoms with Gasteiger partial charge in [-0.15, -0.1) is 0 Å². The predicted octanol–water partition coefficient (Wildman–Crippen LogP) is 3.76.